The number of hydrogen-bond acceptors (Lipinski definition) is 1. The van der Waals surface area contributed by atoms with Crippen LogP contribution in [0.25, 0.3) is 38.6 Å². The van der Waals surface area contributed by atoms with Crippen LogP contribution in [0, 0.1) is 0 Å². The minimum atomic E-state index is -0.459. The van der Waals surface area contributed by atoms with E-state index in [0.717, 1.165) is 22.7 Å². The van der Waals surface area contributed by atoms with Crippen LogP contribution in [0.3, 0.4) is 0 Å². The summed E-state index contributed by atoms with van der Waals surface area (Å²) in [5.41, 5.74) is 14.2. The van der Waals surface area contributed by atoms with Crippen molar-refractivity contribution in [3.05, 3.63) is 229 Å². The summed E-state index contributed by atoms with van der Waals surface area (Å²) < 4.78 is 2.49. The van der Waals surface area contributed by atoms with Gasteiger partial charge in [-0.15, -0.1) is 0 Å². The van der Waals surface area contributed by atoms with E-state index in [1.165, 1.54) is 55.2 Å². The molecular weight excluding hydrogens is 617 g/mol. The lowest BCUT2D eigenvalue weighted by molar-refractivity contribution is 0.769. The zero-order chi connectivity index (χ0) is 33.8. The van der Waals surface area contributed by atoms with Crippen molar-refractivity contribution in [2.45, 2.75) is 5.41 Å². The smallest absolute Gasteiger partial charge is 0.0714 e. The minimum Gasteiger partial charge on any atom is -0.311 e. The molecule has 10 rings (SSSR count). The Bertz CT molecular complexity index is 2580. The molecule has 8 aromatic carbocycles. The number of benzene rings is 8. The van der Waals surface area contributed by atoms with Gasteiger partial charge >= 0.3 is 0 Å². The van der Waals surface area contributed by atoms with Crippen molar-refractivity contribution in [3.8, 4) is 16.8 Å². The Kier molecular flexibility index (Phi) is 6.75. The third-order valence-corrected chi connectivity index (χ3v) is 10.6. The maximum absolute atomic E-state index is 2.49. The average Bonchev–Trinajstić information content (AvgIpc) is 3.71. The second-order valence-electron chi connectivity index (χ2n) is 13.3. The fraction of sp³-hybridized carbons (Fsp3) is 0.0204. The van der Waals surface area contributed by atoms with E-state index in [2.05, 4.69) is 216 Å². The zero-order valence-corrected chi connectivity index (χ0v) is 28.0. The van der Waals surface area contributed by atoms with Crippen molar-refractivity contribution in [1.82, 2.24) is 4.57 Å². The van der Waals surface area contributed by atoms with Crippen molar-refractivity contribution < 1.29 is 0 Å². The topological polar surface area (TPSA) is 8.17 Å². The van der Waals surface area contributed by atoms with E-state index in [4.69, 9.17) is 0 Å². The number of fused-ring (bicyclic) bond motifs is 7. The summed E-state index contributed by atoms with van der Waals surface area (Å²) in [4.78, 5) is 2.32. The lowest BCUT2D eigenvalue weighted by Crippen LogP contribution is -2.28. The van der Waals surface area contributed by atoms with Crippen LogP contribution in [0.2, 0.25) is 0 Å². The molecule has 0 aliphatic heterocycles. The second-order valence-corrected chi connectivity index (χ2v) is 13.3. The Hall–Kier alpha value is -6.64. The monoisotopic (exact) mass is 650 g/mol. The van der Waals surface area contributed by atoms with Crippen molar-refractivity contribution in [1.29, 1.82) is 0 Å². The molecule has 0 radical (unpaired) electrons. The largest absolute Gasteiger partial charge is 0.311 e. The molecule has 2 nitrogen and oxygen atoms in total. The van der Waals surface area contributed by atoms with Crippen molar-refractivity contribution in [2.24, 2.45) is 0 Å². The van der Waals surface area contributed by atoms with E-state index in [9.17, 15) is 0 Å². The molecule has 0 saturated carbocycles. The van der Waals surface area contributed by atoms with Gasteiger partial charge in [0.1, 0.15) is 0 Å². The standard InChI is InChI=1S/C49H34N2/c1-5-17-35(18-6-1)49(36-19-7-2-8-20-36)44-27-15-13-26-43(44)47-45(49)34-33-42-41-25-14-16-28-46(41)51(48(42)47)40-31-29-39(30-32-40)50(37-21-9-3-10-22-37)38-23-11-4-12-24-38/h1-34H. The molecule has 0 unspecified atom stereocenters. The number of rotatable bonds is 6. The second kappa shape index (κ2) is 11.8. The van der Waals surface area contributed by atoms with Gasteiger partial charge in [0.25, 0.3) is 0 Å². The molecule has 0 saturated heterocycles. The average molecular weight is 651 g/mol. The first-order valence-corrected chi connectivity index (χ1v) is 17.6. The van der Waals surface area contributed by atoms with Gasteiger partial charge in [-0.05, 0) is 82.4 Å². The molecule has 240 valence electrons. The highest BCUT2D eigenvalue weighted by atomic mass is 15.1. The van der Waals surface area contributed by atoms with Gasteiger partial charge in [-0.1, -0.05) is 152 Å². The Morgan fingerprint density at radius 3 is 1.51 bits per heavy atom. The SMILES string of the molecule is c1ccc(N(c2ccccc2)c2ccc(-n3c4ccccc4c4ccc5c(c43)-c3ccccc3C5(c3ccccc3)c3ccccc3)cc2)cc1. The fourth-order valence-electron chi connectivity index (χ4n) is 8.60. The van der Waals surface area contributed by atoms with Crippen LogP contribution in [0.15, 0.2) is 206 Å². The number of anilines is 3. The summed E-state index contributed by atoms with van der Waals surface area (Å²) >= 11 is 0. The van der Waals surface area contributed by atoms with Gasteiger partial charge in [0.15, 0.2) is 0 Å². The molecule has 1 aliphatic carbocycles. The van der Waals surface area contributed by atoms with Gasteiger partial charge in [-0.25, -0.2) is 0 Å². The molecule has 0 fully saturated rings. The Balaban J connectivity index is 1.26. The predicted octanol–water partition coefficient (Wildman–Crippen LogP) is 12.6. The van der Waals surface area contributed by atoms with Gasteiger partial charge in [0.2, 0.25) is 0 Å². The van der Waals surface area contributed by atoms with Crippen LogP contribution in [-0.2, 0) is 5.41 Å². The van der Waals surface area contributed by atoms with Crippen molar-refractivity contribution in [2.75, 3.05) is 4.90 Å². The van der Waals surface area contributed by atoms with Gasteiger partial charge in [0, 0.05) is 39.1 Å². The Morgan fingerprint density at radius 2 is 0.882 bits per heavy atom. The maximum atomic E-state index is 2.49. The summed E-state index contributed by atoms with van der Waals surface area (Å²) in [7, 11) is 0. The van der Waals surface area contributed by atoms with Crippen LogP contribution in [0.5, 0.6) is 0 Å². The molecule has 0 atom stereocenters. The summed E-state index contributed by atoms with van der Waals surface area (Å²) in [5, 5.41) is 2.51. The quantitative estimate of drug-likeness (QED) is 0.174. The third kappa shape index (κ3) is 4.36. The van der Waals surface area contributed by atoms with Crippen LogP contribution >= 0.6 is 0 Å². The zero-order valence-electron chi connectivity index (χ0n) is 28.0. The molecule has 1 aromatic heterocycles. The van der Waals surface area contributed by atoms with E-state index < -0.39 is 5.41 Å². The van der Waals surface area contributed by atoms with Gasteiger partial charge < -0.3 is 9.47 Å². The van der Waals surface area contributed by atoms with Gasteiger partial charge in [-0.2, -0.15) is 0 Å². The minimum absolute atomic E-state index is 0.459. The first kappa shape index (κ1) is 29.3. The lowest BCUT2D eigenvalue weighted by atomic mass is 9.67. The highest BCUT2D eigenvalue weighted by Crippen LogP contribution is 2.58. The van der Waals surface area contributed by atoms with Gasteiger partial charge in [0.05, 0.1) is 16.4 Å². The molecule has 1 aliphatic rings. The summed E-state index contributed by atoms with van der Waals surface area (Å²) in [5.74, 6) is 0. The van der Waals surface area contributed by atoms with E-state index in [0.29, 0.717) is 0 Å². The Labute approximate surface area is 298 Å². The van der Waals surface area contributed by atoms with E-state index >= 15 is 0 Å². The first-order chi connectivity index (χ1) is 25.3. The lowest BCUT2D eigenvalue weighted by Gasteiger charge is -2.33. The fourth-order valence-corrected chi connectivity index (χ4v) is 8.60. The molecule has 2 heteroatoms. The molecule has 0 N–H and O–H groups in total. The number of aromatic nitrogens is 1. The van der Waals surface area contributed by atoms with Crippen LogP contribution in [0.4, 0.5) is 17.1 Å². The predicted molar refractivity (Wildman–Crippen MR) is 213 cm³/mol. The van der Waals surface area contributed by atoms with E-state index in [-0.39, 0.29) is 0 Å². The van der Waals surface area contributed by atoms with Gasteiger partial charge in [-0.3, -0.25) is 0 Å². The molecule has 0 amide bonds. The molecular formula is C49H34N2. The maximum Gasteiger partial charge on any atom is 0.0714 e. The third-order valence-electron chi connectivity index (χ3n) is 10.6. The molecule has 0 spiro atoms. The Morgan fingerprint density at radius 1 is 0.373 bits per heavy atom. The highest BCUT2D eigenvalue weighted by Gasteiger charge is 2.47. The van der Waals surface area contributed by atoms with E-state index in [1.54, 1.807) is 0 Å². The summed E-state index contributed by atoms with van der Waals surface area (Å²) in [6, 6.07) is 75.0. The molecule has 1 heterocycles. The van der Waals surface area contributed by atoms with Crippen LogP contribution < -0.4 is 4.90 Å². The normalized spacial score (nSPS) is 12.9. The van der Waals surface area contributed by atoms with Crippen LogP contribution in [0.1, 0.15) is 22.3 Å². The van der Waals surface area contributed by atoms with Crippen LogP contribution in [-0.4, -0.2) is 4.57 Å². The molecule has 9 aromatic rings. The van der Waals surface area contributed by atoms with Crippen molar-refractivity contribution >= 4 is 38.9 Å². The number of hydrogen-bond donors (Lipinski definition) is 0. The van der Waals surface area contributed by atoms with Crippen molar-refractivity contribution in [3.63, 3.8) is 0 Å². The summed E-state index contributed by atoms with van der Waals surface area (Å²) in [6.07, 6.45) is 0. The number of para-hydroxylation sites is 3. The van der Waals surface area contributed by atoms with E-state index in [1.807, 2.05) is 0 Å². The summed E-state index contributed by atoms with van der Waals surface area (Å²) in [6.45, 7) is 0. The first-order valence-electron chi connectivity index (χ1n) is 17.6. The number of nitrogens with zero attached hydrogens (tertiary/aromatic N) is 2. The highest BCUT2D eigenvalue weighted by molar-refractivity contribution is 6.16. The molecule has 0 bridgehead atoms. The molecule has 51 heavy (non-hydrogen) atoms.